The third kappa shape index (κ3) is 3.53. The molecule has 3 heterocycles. The fourth-order valence-electron chi connectivity index (χ4n) is 6.04. The summed E-state index contributed by atoms with van der Waals surface area (Å²) in [5.74, 6) is 0.753. The summed E-state index contributed by atoms with van der Waals surface area (Å²) in [6.07, 6.45) is 2.77. The number of aromatic amines is 1. The van der Waals surface area contributed by atoms with E-state index in [9.17, 15) is 9.18 Å². The Hall–Kier alpha value is -3.56. The molecule has 10 heteroatoms. The molecule has 2 fully saturated rings. The molecule has 5 N–H and O–H groups in total. The number of fused-ring (bicyclic) bond motifs is 2. The molecule has 2 aliphatic rings. The highest BCUT2D eigenvalue weighted by Crippen LogP contribution is 2.63. The molecule has 1 aliphatic heterocycles. The first-order valence-electron chi connectivity index (χ1n) is 11.9. The molecule has 1 saturated carbocycles. The number of H-pyrrole nitrogens is 1. The molecular weight excluding hydrogens is 481 g/mol. The zero-order valence-electron chi connectivity index (χ0n) is 19.4. The van der Waals surface area contributed by atoms with Crippen molar-refractivity contribution >= 4 is 34.5 Å². The second-order valence-electron chi connectivity index (χ2n) is 9.63. The van der Waals surface area contributed by atoms with Crippen LogP contribution in [0.4, 0.5) is 10.2 Å². The molecular formula is C26H25ClFN7O. The molecule has 0 unspecified atom stereocenters. The van der Waals surface area contributed by atoms with Crippen molar-refractivity contribution in [3.63, 3.8) is 0 Å². The number of benzene rings is 2. The van der Waals surface area contributed by atoms with Gasteiger partial charge in [0, 0.05) is 30.6 Å². The molecule has 1 amide bonds. The van der Waals surface area contributed by atoms with Crippen LogP contribution in [0.5, 0.6) is 0 Å². The first-order chi connectivity index (χ1) is 17.4. The fraction of sp³-hybridized carbons (Fsp3) is 0.308. The topological polar surface area (TPSA) is 127 Å². The number of piperidine rings is 1. The maximum atomic E-state index is 14.7. The quantitative estimate of drug-likeness (QED) is 0.369. The first-order valence-corrected chi connectivity index (χ1v) is 12.3. The van der Waals surface area contributed by atoms with Crippen LogP contribution in [0.2, 0.25) is 5.02 Å². The van der Waals surface area contributed by atoms with Crippen molar-refractivity contribution in [1.82, 2.24) is 20.2 Å². The second-order valence-corrected chi connectivity index (χ2v) is 10.0. The van der Waals surface area contributed by atoms with E-state index in [2.05, 4.69) is 20.1 Å². The minimum Gasteiger partial charge on any atom is -0.369 e. The van der Waals surface area contributed by atoms with Crippen LogP contribution < -0.4 is 16.4 Å². The Labute approximate surface area is 211 Å². The van der Waals surface area contributed by atoms with Gasteiger partial charge in [-0.05, 0) is 41.5 Å². The smallest absolute Gasteiger partial charge is 0.221 e. The Bertz CT molecular complexity index is 1490. The second kappa shape index (κ2) is 8.53. The standard InChI is InChI=1S/C26H25ClFN7O/c27-19-9-14(10-21(30)36)5-6-15(19)23-24-25(34-33-23)32-22(11-31-24)35-8-7-16-18(12-35)26(16,13-29)17-3-1-2-4-20(17)28/h1-6,9,11,16,18H,7-8,10,12-13,29H2,(H2,30,36)(H,32,33,34)/t16-,18+,26-/m1/s1. The molecule has 2 aromatic carbocycles. The number of carbonyl (C=O) groups excluding carboxylic acids is 1. The largest absolute Gasteiger partial charge is 0.369 e. The van der Waals surface area contributed by atoms with E-state index >= 15 is 0 Å². The van der Waals surface area contributed by atoms with Gasteiger partial charge in [0.2, 0.25) is 11.6 Å². The number of halogens is 2. The summed E-state index contributed by atoms with van der Waals surface area (Å²) in [6, 6.07) is 12.3. The fourth-order valence-corrected chi connectivity index (χ4v) is 6.33. The third-order valence-electron chi connectivity index (χ3n) is 7.80. The molecule has 2 aromatic heterocycles. The highest BCUT2D eigenvalue weighted by molar-refractivity contribution is 6.33. The molecule has 36 heavy (non-hydrogen) atoms. The van der Waals surface area contributed by atoms with Gasteiger partial charge in [0.05, 0.1) is 23.3 Å². The first kappa shape index (κ1) is 22.9. The molecule has 8 nitrogen and oxygen atoms in total. The van der Waals surface area contributed by atoms with Gasteiger partial charge in [0.1, 0.15) is 17.2 Å². The van der Waals surface area contributed by atoms with E-state index in [-0.39, 0.29) is 23.6 Å². The van der Waals surface area contributed by atoms with E-state index in [4.69, 9.17) is 28.1 Å². The predicted octanol–water partition coefficient (Wildman–Crippen LogP) is 3.19. The Morgan fingerprint density at radius 1 is 1.25 bits per heavy atom. The van der Waals surface area contributed by atoms with Gasteiger partial charge in [0.15, 0.2) is 0 Å². The monoisotopic (exact) mass is 505 g/mol. The summed E-state index contributed by atoms with van der Waals surface area (Å²) >= 11 is 6.49. The number of anilines is 1. The number of hydrogen-bond acceptors (Lipinski definition) is 6. The molecule has 1 aliphatic carbocycles. The maximum absolute atomic E-state index is 14.7. The number of nitrogens with one attached hydrogen (secondary N) is 1. The number of rotatable bonds is 6. The van der Waals surface area contributed by atoms with Gasteiger partial charge in [-0.1, -0.05) is 41.9 Å². The molecule has 6 rings (SSSR count). The van der Waals surface area contributed by atoms with Crippen molar-refractivity contribution in [1.29, 1.82) is 0 Å². The van der Waals surface area contributed by atoms with Crippen molar-refractivity contribution in [2.24, 2.45) is 23.3 Å². The van der Waals surface area contributed by atoms with E-state index in [1.54, 1.807) is 24.4 Å². The number of nitrogens with zero attached hydrogens (tertiary/aromatic N) is 4. The van der Waals surface area contributed by atoms with Crippen molar-refractivity contribution in [2.75, 3.05) is 24.5 Å². The lowest BCUT2D eigenvalue weighted by atomic mass is 9.91. The molecule has 0 spiro atoms. The van der Waals surface area contributed by atoms with Gasteiger partial charge in [-0.3, -0.25) is 9.89 Å². The van der Waals surface area contributed by atoms with E-state index in [0.29, 0.717) is 39.9 Å². The number of amides is 1. The summed E-state index contributed by atoms with van der Waals surface area (Å²) in [7, 11) is 0. The van der Waals surface area contributed by atoms with Crippen LogP contribution in [-0.4, -0.2) is 45.7 Å². The Morgan fingerprint density at radius 2 is 2.08 bits per heavy atom. The molecule has 184 valence electrons. The zero-order valence-corrected chi connectivity index (χ0v) is 20.2. The Morgan fingerprint density at radius 3 is 2.83 bits per heavy atom. The molecule has 4 aromatic rings. The lowest BCUT2D eigenvalue weighted by molar-refractivity contribution is -0.117. The summed E-state index contributed by atoms with van der Waals surface area (Å²) in [6.45, 7) is 1.95. The highest BCUT2D eigenvalue weighted by atomic mass is 35.5. The van der Waals surface area contributed by atoms with Crippen LogP contribution >= 0.6 is 11.6 Å². The van der Waals surface area contributed by atoms with Gasteiger partial charge in [-0.25, -0.2) is 14.4 Å². The van der Waals surface area contributed by atoms with E-state index in [0.717, 1.165) is 36.5 Å². The lowest BCUT2D eigenvalue weighted by Gasteiger charge is -2.26. The average molecular weight is 506 g/mol. The minimum absolute atomic E-state index is 0.118. The van der Waals surface area contributed by atoms with Crippen LogP contribution in [0.25, 0.3) is 22.4 Å². The predicted molar refractivity (Wildman–Crippen MR) is 136 cm³/mol. The number of aromatic nitrogens is 4. The number of primary amides is 1. The Kier molecular flexibility index (Phi) is 5.42. The van der Waals surface area contributed by atoms with E-state index in [1.165, 1.54) is 6.07 Å². The number of nitrogens with two attached hydrogens (primary N) is 2. The minimum atomic E-state index is -0.419. The van der Waals surface area contributed by atoms with Gasteiger partial charge >= 0.3 is 0 Å². The van der Waals surface area contributed by atoms with Crippen molar-refractivity contribution in [3.05, 3.63) is 70.6 Å². The average Bonchev–Trinajstić information content (AvgIpc) is 3.33. The van der Waals surface area contributed by atoms with E-state index in [1.807, 2.05) is 18.2 Å². The number of hydrogen-bond donors (Lipinski definition) is 3. The highest BCUT2D eigenvalue weighted by Gasteiger charge is 2.66. The summed E-state index contributed by atoms with van der Waals surface area (Å²) < 4.78 is 14.7. The molecule has 0 bridgehead atoms. The van der Waals surface area contributed by atoms with Crippen LogP contribution in [0.3, 0.4) is 0 Å². The summed E-state index contributed by atoms with van der Waals surface area (Å²) in [5.41, 5.74) is 15.1. The van der Waals surface area contributed by atoms with Crippen molar-refractivity contribution < 1.29 is 9.18 Å². The van der Waals surface area contributed by atoms with Crippen LogP contribution in [-0.2, 0) is 16.6 Å². The maximum Gasteiger partial charge on any atom is 0.221 e. The van der Waals surface area contributed by atoms with Gasteiger partial charge in [0.25, 0.3) is 0 Å². The SMILES string of the molecule is NC[C@]1(c2ccccc2F)[C@@H]2CCN(c3cnc4c(-c5ccc(CC(N)=O)cc5Cl)[nH]nc4n3)C[C@@H]21. The van der Waals surface area contributed by atoms with Crippen LogP contribution in [0.1, 0.15) is 17.5 Å². The third-order valence-corrected chi connectivity index (χ3v) is 8.11. The molecule has 3 atom stereocenters. The molecule has 0 radical (unpaired) electrons. The normalized spacial score (nSPS) is 23.0. The van der Waals surface area contributed by atoms with Crippen LogP contribution in [0.15, 0.2) is 48.7 Å². The van der Waals surface area contributed by atoms with E-state index < -0.39 is 5.91 Å². The van der Waals surface area contributed by atoms with Gasteiger partial charge in [-0.15, -0.1) is 0 Å². The van der Waals surface area contributed by atoms with Crippen LogP contribution in [0, 0.1) is 17.7 Å². The summed E-state index contributed by atoms with van der Waals surface area (Å²) in [5, 5.41) is 7.83. The number of carbonyl (C=O) groups is 1. The zero-order chi connectivity index (χ0) is 25.0. The molecule has 1 saturated heterocycles. The van der Waals surface area contributed by atoms with Crippen molar-refractivity contribution in [2.45, 2.75) is 18.3 Å². The van der Waals surface area contributed by atoms with Crippen molar-refractivity contribution in [3.8, 4) is 11.3 Å². The summed E-state index contributed by atoms with van der Waals surface area (Å²) in [4.78, 5) is 22.8. The lowest BCUT2D eigenvalue weighted by Crippen LogP contribution is -2.32. The van der Waals surface area contributed by atoms with Gasteiger partial charge < -0.3 is 16.4 Å². The Balaban J connectivity index is 1.26. The van der Waals surface area contributed by atoms with Gasteiger partial charge in [-0.2, -0.15) is 5.10 Å².